The maximum atomic E-state index is 6.48. The van der Waals surface area contributed by atoms with Gasteiger partial charge in [-0.1, -0.05) is 48.7 Å². The Hall–Kier alpha value is -2.21. The molecule has 0 unspecified atom stereocenters. The summed E-state index contributed by atoms with van der Waals surface area (Å²) < 4.78 is 7.80. The summed E-state index contributed by atoms with van der Waals surface area (Å²) >= 11 is 12.6. The first-order valence-corrected chi connectivity index (χ1v) is 10.6. The highest BCUT2D eigenvalue weighted by atomic mass is 35.5. The Morgan fingerprint density at radius 3 is 2.45 bits per heavy atom. The van der Waals surface area contributed by atoms with Gasteiger partial charge in [0.2, 0.25) is 0 Å². The number of imidazole rings is 1. The Labute approximate surface area is 179 Å². The van der Waals surface area contributed by atoms with Crippen molar-refractivity contribution in [3.8, 4) is 11.4 Å². The monoisotopic (exact) mass is 428 g/mol. The van der Waals surface area contributed by atoms with Crippen LogP contribution in [0.3, 0.4) is 0 Å². The van der Waals surface area contributed by atoms with Gasteiger partial charge in [-0.15, -0.1) is 0 Å². The van der Waals surface area contributed by atoms with Gasteiger partial charge in [0.15, 0.2) is 11.3 Å². The number of fused-ring (bicyclic) bond motifs is 2. The standard InChI is InChI=1S/C22H22Cl2N4O/c1-2-3-12-29-13-6-11-28-21(16-10-9-15(23)14-17(16)24)27-20-22(28)26-19-8-5-4-7-18(19)25-20/h4-5,7-10,14H,2-3,6,11-13H2,1H3. The topological polar surface area (TPSA) is 52.8 Å². The number of hydrogen-bond donors (Lipinski definition) is 0. The fraction of sp³-hybridized carbons (Fsp3) is 0.318. The average Bonchev–Trinajstić information content (AvgIpc) is 3.06. The molecule has 0 atom stereocenters. The summed E-state index contributed by atoms with van der Waals surface area (Å²) in [5.74, 6) is 0.741. The van der Waals surface area contributed by atoms with Gasteiger partial charge < -0.3 is 9.30 Å². The maximum Gasteiger partial charge on any atom is 0.198 e. The minimum atomic E-state index is 0.554. The molecule has 0 radical (unpaired) electrons. The molecule has 0 aliphatic heterocycles. The van der Waals surface area contributed by atoms with Crippen LogP contribution < -0.4 is 0 Å². The van der Waals surface area contributed by atoms with Crippen LogP contribution in [-0.4, -0.2) is 32.7 Å². The number of ether oxygens (including phenoxy) is 1. The van der Waals surface area contributed by atoms with E-state index in [2.05, 4.69) is 11.5 Å². The second kappa shape index (κ2) is 9.08. The summed E-state index contributed by atoms with van der Waals surface area (Å²) in [4.78, 5) is 14.3. The van der Waals surface area contributed by atoms with Crippen LogP contribution in [0.4, 0.5) is 0 Å². The molecule has 2 aromatic carbocycles. The first kappa shape index (κ1) is 20.1. The Balaban J connectivity index is 1.74. The van der Waals surface area contributed by atoms with Crippen molar-refractivity contribution in [3.63, 3.8) is 0 Å². The normalized spacial score (nSPS) is 11.6. The summed E-state index contributed by atoms with van der Waals surface area (Å²) in [6, 6.07) is 13.2. The number of rotatable bonds is 8. The minimum Gasteiger partial charge on any atom is -0.381 e. The van der Waals surface area contributed by atoms with Gasteiger partial charge in [-0.3, -0.25) is 0 Å². The first-order chi connectivity index (χ1) is 14.2. The lowest BCUT2D eigenvalue weighted by Gasteiger charge is -2.10. The lowest BCUT2D eigenvalue weighted by atomic mass is 10.2. The highest BCUT2D eigenvalue weighted by Gasteiger charge is 2.18. The van der Waals surface area contributed by atoms with E-state index in [1.54, 1.807) is 6.07 Å². The number of benzene rings is 2. The molecule has 0 bridgehead atoms. The van der Waals surface area contributed by atoms with Crippen LogP contribution in [0.2, 0.25) is 10.0 Å². The summed E-state index contributed by atoms with van der Waals surface area (Å²) in [6.45, 7) is 4.35. The quantitative estimate of drug-likeness (QED) is 0.315. The number of nitrogens with zero attached hydrogens (tertiary/aromatic N) is 4. The van der Waals surface area contributed by atoms with Crippen LogP contribution in [0.15, 0.2) is 42.5 Å². The fourth-order valence-corrected chi connectivity index (χ4v) is 3.75. The van der Waals surface area contributed by atoms with E-state index < -0.39 is 0 Å². The van der Waals surface area contributed by atoms with Crippen LogP contribution in [-0.2, 0) is 11.3 Å². The molecule has 4 rings (SSSR count). The van der Waals surface area contributed by atoms with E-state index in [1.165, 1.54) is 0 Å². The van der Waals surface area contributed by atoms with E-state index in [0.717, 1.165) is 53.9 Å². The van der Waals surface area contributed by atoms with Crippen molar-refractivity contribution in [2.24, 2.45) is 0 Å². The van der Waals surface area contributed by atoms with Crippen LogP contribution in [0.5, 0.6) is 0 Å². The maximum absolute atomic E-state index is 6.48. The van der Waals surface area contributed by atoms with Crippen molar-refractivity contribution in [3.05, 3.63) is 52.5 Å². The molecule has 0 aliphatic rings. The van der Waals surface area contributed by atoms with E-state index >= 15 is 0 Å². The van der Waals surface area contributed by atoms with E-state index in [4.69, 9.17) is 42.9 Å². The van der Waals surface area contributed by atoms with Crippen molar-refractivity contribution in [1.82, 2.24) is 19.5 Å². The molecule has 2 aromatic heterocycles. The number of hydrogen-bond acceptors (Lipinski definition) is 4. The summed E-state index contributed by atoms with van der Waals surface area (Å²) in [6.07, 6.45) is 3.06. The number of aromatic nitrogens is 4. The first-order valence-electron chi connectivity index (χ1n) is 9.83. The number of unbranched alkanes of at least 4 members (excludes halogenated alkanes) is 1. The summed E-state index contributed by atoms with van der Waals surface area (Å²) in [5, 5.41) is 1.14. The van der Waals surface area contributed by atoms with Gasteiger partial charge in [0.25, 0.3) is 0 Å². The Morgan fingerprint density at radius 2 is 1.69 bits per heavy atom. The smallest absolute Gasteiger partial charge is 0.198 e. The molecule has 0 aliphatic carbocycles. The van der Waals surface area contributed by atoms with Crippen molar-refractivity contribution in [1.29, 1.82) is 0 Å². The number of aryl methyl sites for hydroxylation is 1. The molecule has 0 amide bonds. The van der Waals surface area contributed by atoms with Gasteiger partial charge >= 0.3 is 0 Å². The van der Waals surface area contributed by atoms with Crippen LogP contribution in [0.25, 0.3) is 33.7 Å². The van der Waals surface area contributed by atoms with Crippen molar-refractivity contribution in [2.75, 3.05) is 13.2 Å². The van der Waals surface area contributed by atoms with E-state index in [1.807, 2.05) is 36.4 Å². The predicted octanol–water partition coefficient (Wildman–Crippen LogP) is 6.16. The van der Waals surface area contributed by atoms with Crippen molar-refractivity contribution >= 4 is 45.5 Å². The predicted molar refractivity (Wildman–Crippen MR) is 119 cm³/mol. The highest BCUT2D eigenvalue weighted by molar-refractivity contribution is 6.36. The van der Waals surface area contributed by atoms with Gasteiger partial charge in [-0.05, 0) is 43.2 Å². The largest absolute Gasteiger partial charge is 0.381 e. The fourth-order valence-electron chi connectivity index (χ4n) is 3.26. The van der Waals surface area contributed by atoms with Crippen molar-refractivity contribution < 1.29 is 4.74 Å². The van der Waals surface area contributed by atoms with Gasteiger partial charge in [0.05, 0.1) is 16.1 Å². The summed E-state index contributed by atoms with van der Waals surface area (Å²) in [5.41, 5.74) is 3.83. The molecule has 2 heterocycles. The second-order valence-corrected chi connectivity index (χ2v) is 7.73. The molecule has 0 fully saturated rings. The zero-order valence-electron chi connectivity index (χ0n) is 16.2. The molecule has 150 valence electrons. The van der Waals surface area contributed by atoms with Crippen LogP contribution in [0.1, 0.15) is 26.2 Å². The Kier molecular flexibility index (Phi) is 6.28. The molecule has 0 spiro atoms. The zero-order chi connectivity index (χ0) is 20.2. The lowest BCUT2D eigenvalue weighted by Crippen LogP contribution is -2.06. The summed E-state index contributed by atoms with van der Waals surface area (Å²) in [7, 11) is 0. The third kappa shape index (κ3) is 4.37. The molecular formula is C22H22Cl2N4O. The van der Waals surface area contributed by atoms with Crippen LogP contribution >= 0.6 is 23.2 Å². The van der Waals surface area contributed by atoms with Crippen molar-refractivity contribution in [2.45, 2.75) is 32.7 Å². The third-order valence-corrected chi connectivity index (χ3v) is 5.29. The van der Waals surface area contributed by atoms with E-state index in [0.29, 0.717) is 28.8 Å². The van der Waals surface area contributed by atoms with Gasteiger partial charge in [0, 0.05) is 30.3 Å². The van der Waals surface area contributed by atoms with Gasteiger partial charge in [-0.25, -0.2) is 15.0 Å². The number of halogens is 2. The molecule has 0 saturated heterocycles. The van der Waals surface area contributed by atoms with Gasteiger partial charge in [0.1, 0.15) is 5.82 Å². The molecule has 7 heteroatoms. The molecular weight excluding hydrogens is 407 g/mol. The Morgan fingerprint density at radius 1 is 0.931 bits per heavy atom. The second-order valence-electron chi connectivity index (χ2n) is 6.89. The lowest BCUT2D eigenvalue weighted by molar-refractivity contribution is 0.126. The SMILES string of the molecule is CCCCOCCCn1c(-c2ccc(Cl)cc2Cl)nc2nc3ccccc3nc21. The highest BCUT2D eigenvalue weighted by Crippen LogP contribution is 2.32. The van der Waals surface area contributed by atoms with Crippen LogP contribution in [0, 0.1) is 0 Å². The number of para-hydroxylation sites is 2. The molecule has 0 saturated carbocycles. The average molecular weight is 429 g/mol. The molecule has 0 N–H and O–H groups in total. The minimum absolute atomic E-state index is 0.554. The Bertz CT molecular complexity index is 1140. The third-order valence-electron chi connectivity index (χ3n) is 4.74. The molecule has 5 nitrogen and oxygen atoms in total. The zero-order valence-corrected chi connectivity index (χ0v) is 17.7. The van der Waals surface area contributed by atoms with E-state index in [9.17, 15) is 0 Å². The molecule has 29 heavy (non-hydrogen) atoms. The van der Waals surface area contributed by atoms with E-state index in [-0.39, 0.29) is 0 Å². The van der Waals surface area contributed by atoms with Gasteiger partial charge in [-0.2, -0.15) is 0 Å². The molecule has 4 aromatic rings.